The third kappa shape index (κ3) is 4.64. The van der Waals surface area contributed by atoms with Crippen molar-refractivity contribution in [2.24, 2.45) is 0 Å². The second-order valence-corrected chi connectivity index (χ2v) is 11.8. The zero-order chi connectivity index (χ0) is 15.2. The van der Waals surface area contributed by atoms with E-state index in [0.29, 0.717) is 0 Å². The van der Waals surface area contributed by atoms with E-state index in [1.165, 1.54) is 51.1 Å². The first-order chi connectivity index (χ1) is 10.9. The van der Waals surface area contributed by atoms with Crippen molar-refractivity contribution in [3.05, 3.63) is 22.2 Å². The van der Waals surface area contributed by atoms with Gasteiger partial charge in [-0.2, -0.15) is 0 Å². The van der Waals surface area contributed by atoms with E-state index in [0.717, 1.165) is 17.7 Å². The summed E-state index contributed by atoms with van der Waals surface area (Å²) >= 11 is 0.206. The molecular weight excluding hydrogens is 347 g/mol. The van der Waals surface area contributed by atoms with Crippen LogP contribution in [-0.2, 0) is 14.3 Å². The Hall–Kier alpha value is 0.732. The van der Waals surface area contributed by atoms with Gasteiger partial charge in [0, 0.05) is 0 Å². The summed E-state index contributed by atoms with van der Waals surface area (Å²) in [7, 11) is 6.44. The third-order valence-corrected chi connectivity index (χ3v) is 11.2. The van der Waals surface area contributed by atoms with Crippen LogP contribution in [0.1, 0.15) is 77.0 Å². The minimum atomic E-state index is 0.206. The molecule has 0 heterocycles. The summed E-state index contributed by atoms with van der Waals surface area (Å²) in [5, 5.41) is 0. The molecule has 0 radical (unpaired) electrons. The number of rotatable bonds is 6. The van der Waals surface area contributed by atoms with Gasteiger partial charge in [-0.15, -0.1) is 0 Å². The number of halogens is 1. The van der Waals surface area contributed by atoms with E-state index in [4.69, 9.17) is 10.0 Å². The predicted octanol–water partition coefficient (Wildman–Crippen LogP) is 6.97. The zero-order valence-electron chi connectivity index (χ0n) is 13.7. The molecule has 124 valence electrons. The Labute approximate surface area is 148 Å². The fraction of sp³-hybridized carbons (Fsp3) is 0.789. The molecule has 0 N–H and O–H groups in total. The summed E-state index contributed by atoms with van der Waals surface area (Å²) in [4.78, 5) is 0. The Balaban J connectivity index is 1.63. The number of allylic oxidation sites excluding steroid dienone is 4. The van der Waals surface area contributed by atoms with Gasteiger partial charge < -0.3 is 0 Å². The molecule has 3 aliphatic rings. The molecule has 3 rings (SSSR count). The van der Waals surface area contributed by atoms with Crippen LogP contribution in [0, 0.1) is 0 Å². The molecule has 0 atom stereocenters. The van der Waals surface area contributed by atoms with Crippen LogP contribution in [0.5, 0.6) is 0 Å². The van der Waals surface area contributed by atoms with Crippen LogP contribution < -0.4 is 0 Å². The summed E-state index contributed by atoms with van der Waals surface area (Å²) in [6, 6.07) is 0. The van der Waals surface area contributed by atoms with Crippen LogP contribution in [0.2, 0.25) is 0 Å². The van der Waals surface area contributed by atoms with Gasteiger partial charge in [-0.25, -0.2) is 0 Å². The monoisotopic (exact) mass is 376 g/mol. The van der Waals surface area contributed by atoms with Crippen LogP contribution >= 0.6 is 18.0 Å². The molecule has 2 fully saturated rings. The summed E-state index contributed by atoms with van der Waals surface area (Å²) < 4.78 is 1.57. The average molecular weight is 377 g/mol. The van der Waals surface area contributed by atoms with Gasteiger partial charge in [0.15, 0.2) is 0 Å². The van der Waals surface area contributed by atoms with Gasteiger partial charge in [0.25, 0.3) is 0 Å². The van der Waals surface area contributed by atoms with Crippen molar-refractivity contribution in [1.82, 2.24) is 0 Å². The van der Waals surface area contributed by atoms with Crippen LogP contribution in [0.3, 0.4) is 0 Å². The minimum absolute atomic E-state index is 0.206. The number of hydrogen-bond acceptors (Lipinski definition) is 0. The second-order valence-electron chi connectivity index (χ2n) is 7.20. The summed E-state index contributed by atoms with van der Waals surface area (Å²) in [5.74, 6) is 0. The van der Waals surface area contributed by atoms with E-state index in [1.54, 1.807) is 35.7 Å². The van der Waals surface area contributed by atoms with E-state index in [-0.39, 0.29) is 22.2 Å². The van der Waals surface area contributed by atoms with Crippen LogP contribution in [0.25, 0.3) is 0 Å². The Morgan fingerprint density at radius 2 is 1.55 bits per heavy atom. The fourth-order valence-corrected chi connectivity index (χ4v) is 9.79. The number of hydrogen-bond donors (Lipinski definition) is 0. The Kier molecular flexibility index (Phi) is 7.40. The fourth-order valence-electron chi connectivity index (χ4n) is 4.57. The van der Waals surface area contributed by atoms with Crippen molar-refractivity contribution in [3.8, 4) is 0 Å². The second kappa shape index (κ2) is 9.28. The molecule has 0 aliphatic heterocycles. The Morgan fingerprint density at radius 3 is 2.09 bits per heavy atom. The molecule has 0 aromatic rings. The van der Waals surface area contributed by atoms with Gasteiger partial charge in [-0.3, -0.25) is 0 Å². The Morgan fingerprint density at radius 1 is 0.955 bits per heavy atom. The molecule has 0 unspecified atom stereocenters. The van der Waals surface area contributed by atoms with Gasteiger partial charge in [0.05, 0.1) is 0 Å². The third-order valence-electron chi connectivity index (χ3n) is 5.80. The van der Waals surface area contributed by atoms with Gasteiger partial charge >= 0.3 is 149 Å². The van der Waals surface area contributed by atoms with E-state index < -0.39 is 0 Å². The standard InChI is InChI=1S/C19H30P.ClH.Cr/c1-3-11-18(12-4-1)20(19-13-5-2-6-14-19)16-15-17-9-7-8-10-17;;/h7,9,18-19H,1-6,8,11-16H2;1H;/q;;+1/p-1. The van der Waals surface area contributed by atoms with E-state index in [1.807, 2.05) is 0 Å². The van der Waals surface area contributed by atoms with Gasteiger partial charge in [0.2, 0.25) is 0 Å². The molecule has 0 bridgehead atoms. The molecule has 3 heteroatoms. The molecule has 0 aromatic carbocycles. The Bertz CT molecular complexity index is 388. The maximum absolute atomic E-state index is 6.19. The summed E-state index contributed by atoms with van der Waals surface area (Å²) in [5.41, 5.74) is 3.82. The van der Waals surface area contributed by atoms with Crippen LogP contribution in [0.15, 0.2) is 22.2 Å². The van der Waals surface area contributed by atoms with Crippen molar-refractivity contribution in [2.45, 2.75) is 88.4 Å². The topological polar surface area (TPSA) is 0 Å². The van der Waals surface area contributed by atoms with Gasteiger partial charge in [-0.05, 0) is 0 Å². The molecule has 0 aromatic heterocycles. The van der Waals surface area contributed by atoms with Crippen molar-refractivity contribution >= 4 is 18.0 Å². The molecule has 0 spiro atoms. The summed E-state index contributed by atoms with van der Waals surface area (Å²) in [6.45, 7) is 0. The van der Waals surface area contributed by atoms with E-state index >= 15 is 0 Å². The van der Waals surface area contributed by atoms with Crippen molar-refractivity contribution in [3.63, 3.8) is 0 Å². The normalized spacial score (nSPS) is 24.6. The molecule has 0 amide bonds. The van der Waals surface area contributed by atoms with Crippen molar-refractivity contribution in [2.75, 3.05) is 6.16 Å². The molecule has 0 nitrogen and oxygen atoms in total. The molecule has 22 heavy (non-hydrogen) atoms. The van der Waals surface area contributed by atoms with Crippen LogP contribution in [0.4, 0.5) is 0 Å². The van der Waals surface area contributed by atoms with E-state index in [2.05, 4.69) is 12.2 Å². The first-order valence-corrected chi connectivity index (χ1v) is 13.4. The average Bonchev–Trinajstić information content (AvgIpc) is 3.05. The summed E-state index contributed by atoms with van der Waals surface area (Å²) in [6.07, 6.45) is 23.9. The molecule has 3 aliphatic carbocycles. The van der Waals surface area contributed by atoms with Gasteiger partial charge in [-0.1, -0.05) is 0 Å². The maximum atomic E-state index is 6.19. The van der Waals surface area contributed by atoms with E-state index in [9.17, 15) is 0 Å². The SMILES string of the molecule is [Cl][Cr][C]1=C(CCP(C2CCCCC2)C2CCCCC2)C=CC1. The molecule has 2 saturated carbocycles. The molecule has 0 saturated heterocycles. The van der Waals surface area contributed by atoms with Crippen molar-refractivity contribution < 1.29 is 14.3 Å². The van der Waals surface area contributed by atoms with Crippen LogP contribution in [-0.4, -0.2) is 17.5 Å². The zero-order valence-corrected chi connectivity index (χ0v) is 16.7. The first kappa shape index (κ1) is 17.6. The van der Waals surface area contributed by atoms with Gasteiger partial charge in [0.1, 0.15) is 0 Å². The van der Waals surface area contributed by atoms with Crippen molar-refractivity contribution in [1.29, 1.82) is 0 Å². The molecular formula is C19H30ClCrP. The quantitative estimate of drug-likeness (QED) is 0.439. The first-order valence-electron chi connectivity index (χ1n) is 9.31. The predicted molar refractivity (Wildman–Crippen MR) is 96.8 cm³/mol.